The fourth-order valence-corrected chi connectivity index (χ4v) is 5.10. The molecule has 1 aromatic heterocycles. The number of nitrogens with zero attached hydrogens (tertiary/aromatic N) is 3. The quantitative estimate of drug-likeness (QED) is 0.265. The second kappa shape index (κ2) is 11.3. The Balaban J connectivity index is 1.24. The van der Waals surface area contributed by atoms with E-state index in [4.69, 9.17) is 9.47 Å². The smallest absolute Gasteiger partial charge is 0.416 e. The molecule has 2 fully saturated rings. The molecule has 0 bridgehead atoms. The van der Waals surface area contributed by atoms with Gasteiger partial charge >= 0.3 is 17.8 Å². The zero-order chi connectivity index (χ0) is 29.5. The molecule has 2 aliphatic rings. The number of hydrogen-bond donors (Lipinski definition) is 5. The minimum atomic E-state index is -4.41. The van der Waals surface area contributed by atoms with Gasteiger partial charge in [0.05, 0.1) is 11.1 Å². The van der Waals surface area contributed by atoms with Gasteiger partial charge in [-0.05, 0) is 30.3 Å². The lowest BCUT2D eigenvalue weighted by molar-refractivity contribution is -0.270. The number of piperazine rings is 1. The molecule has 0 radical (unpaired) electrons. The van der Waals surface area contributed by atoms with Crippen LogP contribution in [0.5, 0.6) is 5.75 Å². The Morgan fingerprint density at radius 2 is 1.71 bits per heavy atom. The fraction of sp³-hybridized carbons (Fsp3) is 0.462. The standard InChI is InChI=1S/C26H29F3N4O8/c27-26(28,29)14-3-1-4-15(13-14)32-10-7-31(8-11-32)9-12-33-16-5-2-6-17(18(16)30-25(33)39)40-24-21(36)19(34)20(35)22(41-24)23(37)38/h1-6,13,19-22,24,34-36H,7-12H2,(H,30,39)(H,37,38)/t19-,20-,21+,22-,24+/m0/s1. The molecule has 15 heteroatoms. The van der Waals surface area contributed by atoms with Crippen molar-refractivity contribution in [3.63, 3.8) is 0 Å². The normalized spacial score (nSPS) is 25.9. The van der Waals surface area contributed by atoms with E-state index in [1.165, 1.54) is 16.7 Å². The SMILES string of the molecule is O=C(O)[C@H]1O[C@@H](Oc2cccc3c2[nH]c(=O)n3CCN2CCN(c3cccc(C(F)(F)F)c3)CC2)[C@H](O)[C@@H](O)[C@@H]1O. The molecule has 5 N–H and O–H groups in total. The van der Waals surface area contributed by atoms with Crippen LogP contribution in [0.2, 0.25) is 0 Å². The number of anilines is 1. The monoisotopic (exact) mass is 582 g/mol. The summed E-state index contributed by atoms with van der Waals surface area (Å²) in [6, 6.07) is 9.95. The fourth-order valence-electron chi connectivity index (χ4n) is 5.10. The Kier molecular flexibility index (Phi) is 7.98. The average Bonchev–Trinajstić information content (AvgIpc) is 3.27. The molecule has 0 saturated carbocycles. The number of para-hydroxylation sites is 1. The largest absolute Gasteiger partial charge is 0.479 e. The predicted molar refractivity (Wildman–Crippen MR) is 138 cm³/mol. The van der Waals surface area contributed by atoms with Gasteiger partial charge in [-0.1, -0.05) is 12.1 Å². The van der Waals surface area contributed by atoms with Crippen LogP contribution in [0.1, 0.15) is 5.56 Å². The molecular formula is C26H29F3N4O8. The Bertz CT molecular complexity index is 1450. The number of hydrogen-bond acceptors (Lipinski definition) is 9. The number of aliphatic hydroxyl groups is 3. The van der Waals surface area contributed by atoms with Crippen LogP contribution in [-0.4, -0.2) is 104 Å². The van der Waals surface area contributed by atoms with Crippen LogP contribution in [0.4, 0.5) is 18.9 Å². The van der Waals surface area contributed by atoms with Crippen molar-refractivity contribution in [2.45, 2.75) is 43.4 Å². The second-order valence-corrected chi connectivity index (χ2v) is 9.96. The van der Waals surface area contributed by atoms with Crippen LogP contribution in [0, 0.1) is 0 Å². The molecule has 2 aromatic carbocycles. The molecule has 41 heavy (non-hydrogen) atoms. The van der Waals surface area contributed by atoms with Gasteiger partial charge in [-0.15, -0.1) is 0 Å². The number of nitrogens with one attached hydrogen (secondary N) is 1. The van der Waals surface area contributed by atoms with E-state index in [0.717, 1.165) is 12.1 Å². The van der Waals surface area contributed by atoms with Gasteiger partial charge in [0, 0.05) is 45.0 Å². The predicted octanol–water partition coefficient (Wildman–Crippen LogP) is 0.442. The van der Waals surface area contributed by atoms with Gasteiger partial charge in [-0.3, -0.25) is 9.47 Å². The number of aromatic amines is 1. The molecule has 3 heterocycles. The summed E-state index contributed by atoms with van der Waals surface area (Å²) < 4.78 is 51.6. The highest BCUT2D eigenvalue weighted by atomic mass is 19.4. The number of rotatable bonds is 7. The van der Waals surface area contributed by atoms with E-state index in [2.05, 4.69) is 9.88 Å². The van der Waals surface area contributed by atoms with E-state index in [0.29, 0.717) is 50.5 Å². The van der Waals surface area contributed by atoms with E-state index >= 15 is 0 Å². The van der Waals surface area contributed by atoms with Crippen molar-refractivity contribution in [2.75, 3.05) is 37.6 Å². The first-order valence-electron chi connectivity index (χ1n) is 12.9. The van der Waals surface area contributed by atoms with Gasteiger partial charge in [-0.2, -0.15) is 13.2 Å². The van der Waals surface area contributed by atoms with Gasteiger partial charge < -0.3 is 39.8 Å². The number of benzene rings is 2. The molecule has 5 rings (SSSR count). The summed E-state index contributed by atoms with van der Waals surface area (Å²) in [7, 11) is 0. The Morgan fingerprint density at radius 3 is 2.39 bits per heavy atom. The summed E-state index contributed by atoms with van der Waals surface area (Å²) in [5.41, 5.74) is 0.0942. The van der Waals surface area contributed by atoms with Crippen molar-refractivity contribution in [3.8, 4) is 5.75 Å². The molecule has 0 aliphatic carbocycles. The third-order valence-corrected chi connectivity index (χ3v) is 7.38. The third-order valence-electron chi connectivity index (χ3n) is 7.38. The number of fused-ring (bicyclic) bond motifs is 1. The number of halogens is 3. The molecule has 3 aromatic rings. The lowest BCUT2D eigenvalue weighted by atomic mass is 9.99. The molecule has 222 valence electrons. The minimum Gasteiger partial charge on any atom is -0.479 e. The highest BCUT2D eigenvalue weighted by molar-refractivity contribution is 5.82. The zero-order valence-electron chi connectivity index (χ0n) is 21.6. The maximum Gasteiger partial charge on any atom is 0.416 e. The number of alkyl halides is 3. The van der Waals surface area contributed by atoms with Gasteiger partial charge in [0.15, 0.2) is 6.10 Å². The van der Waals surface area contributed by atoms with E-state index < -0.39 is 54.1 Å². The summed E-state index contributed by atoms with van der Waals surface area (Å²) in [6.07, 6.45) is -13.4. The highest BCUT2D eigenvalue weighted by Crippen LogP contribution is 2.32. The number of ether oxygens (including phenoxy) is 2. The first kappa shape index (κ1) is 28.9. The van der Waals surface area contributed by atoms with Crippen LogP contribution in [0.25, 0.3) is 11.0 Å². The number of imidazole rings is 1. The topological polar surface area (TPSA) is 161 Å². The van der Waals surface area contributed by atoms with Crippen molar-refractivity contribution in [2.24, 2.45) is 0 Å². The molecule has 5 atom stereocenters. The van der Waals surface area contributed by atoms with Crippen LogP contribution >= 0.6 is 0 Å². The number of aliphatic hydroxyl groups excluding tert-OH is 3. The summed E-state index contributed by atoms with van der Waals surface area (Å²) in [6.45, 7) is 2.98. The van der Waals surface area contributed by atoms with Crippen molar-refractivity contribution in [1.29, 1.82) is 0 Å². The summed E-state index contributed by atoms with van der Waals surface area (Å²) >= 11 is 0. The molecular weight excluding hydrogens is 553 g/mol. The molecule has 2 aliphatic heterocycles. The third kappa shape index (κ3) is 5.90. The van der Waals surface area contributed by atoms with Crippen molar-refractivity contribution >= 4 is 22.7 Å². The second-order valence-electron chi connectivity index (χ2n) is 9.96. The van der Waals surface area contributed by atoms with E-state index in [1.807, 2.05) is 4.90 Å². The van der Waals surface area contributed by atoms with Gasteiger partial charge in [0.25, 0.3) is 0 Å². The molecule has 2 saturated heterocycles. The van der Waals surface area contributed by atoms with Gasteiger partial charge in [0.2, 0.25) is 6.29 Å². The van der Waals surface area contributed by atoms with Gasteiger partial charge in [-0.25, -0.2) is 9.59 Å². The lowest BCUT2D eigenvalue weighted by Gasteiger charge is -2.38. The highest BCUT2D eigenvalue weighted by Gasteiger charge is 2.48. The Hall–Kier alpha value is -3.63. The first-order valence-corrected chi connectivity index (χ1v) is 12.9. The maximum absolute atomic E-state index is 13.1. The summed E-state index contributed by atoms with van der Waals surface area (Å²) in [5, 5.41) is 39.5. The number of carboxylic acid groups (broad SMARTS) is 1. The number of carboxylic acids is 1. The minimum absolute atomic E-state index is 0.0600. The van der Waals surface area contributed by atoms with E-state index in [-0.39, 0.29) is 11.3 Å². The van der Waals surface area contributed by atoms with E-state index in [1.54, 1.807) is 18.2 Å². The average molecular weight is 583 g/mol. The molecule has 0 spiro atoms. The molecule has 0 amide bonds. The molecule has 0 unspecified atom stereocenters. The van der Waals surface area contributed by atoms with Crippen LogP contribution < -0.4 is 15.3 Å². The van der Waals surface area contributed by atoms with Crippen molar-refractivity contribution in [1.82, 2.24) is 14.5 Å². The lowest BCUT2D eigenvalue weighted by Crippen LogP contribution is -2.61. The van der Waals surface area contributed by atoms with E-state index in [9.17, 15) is 43.2 Å². The number of aromatic nitrogens is 2. The number of carbonyl (C=O) groups is 1. The van der Waals surface area contributed by atoms with Crippen LogP contribution in [0.3, 0.4) is 0 Å². The van der Waals surface area contributed by atoms with Gasteiger partial charge in [0.1, 0.15) is 29.6 Å². The zero-order valence-corrected chi connectivity index (χ0v) is 21.6. The summed E-state index contributed by atoms with van der Waals surface area (Å²) in [5.74, 6) is -1.49. The Morgan fingerprint density at radius 1 is 1.00 bits per heavy atom. The summed E-state index contributed by atoms with van der Waals surface area (Å²) in [4.78, 5) is 30.9. The van der Waals surface area contributed by atoms with Crippen molar-refractivity contribution in [3.05, 3.63) is 58.5 Å². The van der Waals surface area contributed by atoms with Crippen LogP contribution in [0.15, 0.2) is 47.3 Å². The Labute approximate surface area is 230 Å². The van der Waals surface area contributed by atoms with Crippen LogP contribution in [-0.2, 0) is 22.3 Å². The first-order chi connectivity index (χ1) is 19.4. The maximum atomic E-state index is 13.1. The number of aliphatic carboxylic acids is 1. The number of H-pyrrole nitrogens is 1. The molecule has 12 nitrogen and oxygen atoms in total. The van der Waals surface area contributed by atoms with Crippen molar-refractivity contribution < 1.29 is 47.9 Å².